The summed E-state index contributed by atoms with van der Waals surface area (Å²) in [7, 11) is -3.84. The predicted molar refractivity (Wildman–Crippen MR) is 103 cm³/mol. The van der Waals surface area contributed by atoms with Crippen molar-refractivity contribution in [1.29, 1.82) is 0 Å². The van der Waals surface area contributed by atoms with Gasteiger partial charge in [0.05, 0.1) is 23.2 Å². The van der Waals surface area contributed by atoms with Gasteiger partial charge in [0.15, 0.2) is 0 Å². The van der Waals surface area contributed by atoms with Gasteiger partial charge in [-0.25, -0.2) is 13.5 Å². The van der Waals surface area contributed by atoms with E-state index >= 15 is 0 Å². The van der Waals surface area contributed by atoms with Crippen LogP contribution in [0.15, 0.2) is 40.0 Å². The fraction of sp³-hybridized carbons (Fsp3) is 0.389. The van der Waals surface area contributed by atoms with Crippen LogP contribution in [-0.2, 0) is 19.6 Å². The van der Waals surface area contributed by atoms with Crippen molar-refractivity contribution in [1.82, 2.24) is 14.5 Å². The molecule has 0 bridgehead atoms. The molecule has 1 saturated heterocycles. The Kier molecular flexibility index (Phi) is 6.17. The Morgan fingerprint density at radius 1 is 1.29 bits per heavy atom. The molecule has 10 heteroatoms. The third kappa shape index (κ3) is 4.26. The van der Waals surface area contributed by atoms with Crippen LogP contribution in [0.1, 0.15) is 19.8 Å². The van der Waals surface area contributed by atoms with Crippen LogP contribution in [0.4, 0.5) is 0 Å². The van der Waals surface area contributed by atoms with Gasteiger partial charge in [0.1, 0.15) is 4.90 Å². The summed E-state index contributed by atoms with van der Waals surface area (Å²) >= 11 is 6.17. The highest BCUT2D eigenvalue weighted by molar-refractivity contribution is 7.89. The Morgan fingerprint density at radius 3 is 2.61 bits per heavy atom. The standard InChI is InChI=1S/C18H20ClN3O5S/c1-2-27-18(24)12-7-9-22(10-8-12)28(25,26)16-11-13(3-4-14(16)19)15-5-6-17(23)21-20-15/h3-6,11-12H,2,7-10H2,1H3,(H,21,23). The van der Waals surface area contributed by atoms with E-state index in [1.165, 1.54) is 28.6 Å². The number of sulfonamides is 1. The summed E-state index contributed by atoms with van der Waals surface area (Å²) in [6.45, 7) is 2.47. The van der Waals surface area contributed by atoms with Gasteiger partial charge in [-0.1, -0.05) is 17.7 Å². The van der Waals surface area contributed by atoms with E-state index in [-0.39, 0.29) is 40.5 Å². The highest BCUT2D eigenvalue weighted by Crippen LogP contribution is 2.31. The van der Waals surface area contributed by atoms with Gasteiger partial charge in [-0.15, -0.1) is 0 Å². The van der Waals surface area contributed by atoms with E-state index < -0.39 is 10.0 Å². The number of aromatic amines is 1. The van der Waals surface area contributed by atoms with Crippen molar-refractivity contribution in [3.05, 3.63) is 45.7 Å². The van der Waals surface area contributed by atoms with Gasteiger partial charge in [-0.05, 0) is 38.0 Å². The Hall–Kier alpha value is -2.23. The van der Waals surface area contributed by atoms with Crippen LogP contribution in [0.25, 0.3) is 11.3 Å². The number of benzene rings is 1. The quantitative estimate of drug-likeness (QED) is 0.734. The van der Waals surface area contributed by atoms with Gasteiger partial charge >= 0.3 is 5.97 Å². The number of carbonyl (C=O) groups excluding carboxylic acids is 1. The van der Waals surface area contributed by atoms with E-state index in [1.807, 2.05) is 0 Å². The molecule has 2 heterocycles. The first-order chi connectivity index (χ1) is 13.3. The Labute approximate surface area is 167 Å². The molecule has 1 aliphatic heterocycles. The molecule has 1 aliphatic rings. The van der Waals surface area contributed by atoms with Gasteiger partial charge in [-0.3, -0.25) is 9.59 Å². The van der Waals surface area contributed by atoms with Gasteiger partial charge in [0, 0.05) is 24.7 Å². The molecule has 150 valence electrons. The van der Waals surface area contributed by atoms with Gasteiger partial charge in [-0.2, -0.15) is 9.40 Å². The van der Waals surface area contributed by atoms with Gasteiger partial charge in [0.2, 0.25) is 10.0 Å². The highest BCUT2D eigenvalue weighted by atomic mass is 35.5. The number of ether oxygens (including phenoxy) is 1. The predicted octanol–water partition coefficient (Wildman–Crippen LogP) is 2.05. The molecule has 2 aromatic rings. The van der Waals surface area contributed by atoms with Crippen LogP contribution in [0.3, 0.4) is 0 Å². The maximum atomic E-state index is 13.1. The fourth-order valence-corrected chi connectivity index (χ4v) is 5.07. The van der Waals surface area contributed by atoms with Crippen LogP contribution in [0, 0.1) is 5.92 Å². The summed E-state index contributed by atoms with van der Waals surface area (Å²) in [5.74, 6) is -0.581. The largest absolute Gasteiger partial charge is 0.466 e. The van der Waals surface area contributed by atoms with Crippen LogP contribution in [0.2, 0.25) is 5.02 Å². The second-order valence-corrected chi connectivity index (χ2v) is 8.70. The second-order valence-electron chi connectivity index (χ2n) is 6.38. The number of piperidine rings is 1. The fourth-order valence-electron chi connectivity index (χ4n) is 3.10. The molecule has 3 rings (SSSR count). The summed E-state index contributed by atoms with van der Waals surface area (Å²) in [4.78, 5) is 23.0. The molecule has 1 aromatic carbocycles. The maximum absolute atomic E-state index is 13.1. The molecule has 1 aromatic heterocycles. The zero-order chi connectivity index (χ0) is 20.3. The minimum Gasteiger partial charge on any atom is -0.466 e. The van der Waals surface area contributed by atoms with E-state index in [2.05, 4.69) is 10.2 Å². The Morgan fingerprint density at radius 2 is 2.00 bits per heavy atom. The number of hydrogen-bond acceptors (Lipinski definition) is 6. The molecule has 0 amide bonds. The number of hydrogen-bond donors (Lipinski definition) is 1. The van der Waals surface area contributed by atoms with E-state index in [0.29, 0.717) is 30.7 Å². The van der Waals surface area contributed by atoms with Gasteiger partial charge in [0.25, 0.3) is 5.56 Å². The minimum atomic E-state index is -3.84. The monoisotopic (exact) mass is 425 g/mol. The van der Waals surface area contributed by atoms with Crippen molar-refractivity contribution in [2.24, 2.45) is 5.92 Å². The Balaban J connectivity index is 1.84. The lowest BCUT2D eigenvalue weighted by molar-refractivity contribution is -0.149. The van der Waals surface area contributed by atoms with E-state index in [0.717, 1.165) is 0 Å². The molecule has 0 aliphatic carbocycles. The summed E-state index contributed by atoms with van der Waals surface area (Å²) in [6.07, 6.45) is 0.799. The van der Waals surface area contributed by atoms with Crippen molar-refractivity contribution < 1.29 is 17.9 Å². The average molecular weight is 426 g/mol. The SMILES string of the molecule is CCOC(=O)C1CCN(S(=O)(=O)c2cc(-c3ccc(=O)[nH]n3)ccc2Cl)CC1. The minimum absolute atomic E-state index is 0.0331. The average Bonchev–Trinajstić information content (AvgIpc) is 2.69. The first-order valence-corrected chi connectivity index (χ1v) is 10.7. The van der Waals surface area contributed by atoms with E-state index in [1.54, 1.807) is 13.0 Å². The molecule has 8 nitrogen and oxygen atoms in total. The molecule has 0 saturated carbocycles. The summed E-state index contributed by atoms with van der Waals surface area (Å²) in [6, 6.07) is 7.38. The molecular weight excluding hydrogens is 406 g/mol. The number of carbonyl (C=O) groups is 1. The zero-order valence-electron chi connectivity index (χ0n) is 15.2. The first kappa shape index (κ1) is 20.5. The third-order valence-corrected chi connectivity index (χ3v) is 6.98. The maximum Gasteiger partial charge on any atom is 0.309 e. The number of esters is 1. The molecule has 0 atom stereocenters. The second kappa shape index (κ2) is 8.42. The topological polar surface area (TPSA) is 109 Å². The number of nitrogens with one attached hydrogen (secondary N) is 1. The van der Waals surface area contributed by atoms with Crippen molar-refractivity contribution >= 4 is 27.6 Å². The normalized spacial score (nSPS) is 16.1. The molecule has 1 N–H and O–H groups in total. The molecule has 28 heavy (non-hydrogen) atoms. The Bertz CT molecular complexity index is 1010. The zero-order valence-corrected chi connectivity index (χ0v) is 16.8. The highest BCUT2D eigenvalue weighted by Gasteiger charge is 2.33. The number of aromatic nitrogens is 2. The van der Waals surface area contributed by atoms with Crippen LogP contribution >= 0.6 is 11.6 Å². The van der Waals surface area contributed by atoms with Crippen molar-refractivity contribution in [2.75, 3.05) is 19.7 Å². The van der Waals surface area contributed by atoms with E-state index in [9.17, 15) is 18.0 Å². The summed E-state index contributed by atoms with van der Waals surface area (Å²) in [5.41, 5.74) is 0.587. The molecule has 0 unspecified atom stereocenters. The number of H-pyrrole nitrogens is 1. The molecular formula is C18H20ClN3O5S. The van der Waals surface area contributed by atoms with Crippen molar-refractivity contribution in [3.8, 4) is 11.3 Å². The summed E-state index contributed by atoms with van der Waals surface area (Å²) in [5, 5.41) is 6.34. The van der Waals surface area contributed by atoms with Crippen molar-refractivity contribution in [2.45, 2.75) is 24.7 Å². The van der Waals surface area contributed by atoms with E-state index in [4.69, 9.17) is 16.3 Å². The number of nitrogens with zero attached hydrogens (tertiary/aromatic N) is 2. The summed E-state index contributed by atoms with van der Waals surface area (Å²) < 4.78 is 32.5. The smallest absolute Gasteiger partial charge is 0.309 e. The lowest BCUT2D eigenvalue weighted by atomic mass is 9.98. The lowest BCUT2D eigenvalue weighted by Gasteiger charge is -2.30. The van der Waals surface area contributed by atoms with Crippen molar-refractivity contribution in [3.63, 3.8) is 0 Å². The molecule has 1 fully saturated rings. The van der Waals surface area contributed by atoms with Crippen LogP contribution in [-0.4, -0.2) is 48.6 Å². The first-order valence-electron chi connectivity index (χ1n) is 8.85. The lowest BCUT2D eigenvalue weighted by Crippen LogP contribution is -2.40. The van der Waals surface area contributed by atoms with Crippen LogP contribution in [0.5, 0.6) is 0 Å². The van der Waals surface area contributed by atoms with Gasteiger partial charge < -0.3 is 4.74 Å². The molecule has 0 spiro atoms. The number of halogens is 1. The number of rotatable bonds is 5. The van der Waals surface area contributed by atoms with Crippen LogP contribution < -0.4 is 5.56 Å². The third-order valence-electron chi connectivity index (χ3n) is 4.60. The molecule has 0 radical (unpaired) electrons.